The molecule has 0 amide bonds. The Balaban J connectivity index is 2.58. The Morgan fingerprint density at radius 1 is 1.31 bits per heavy atom. The average molecular weight is 184 g/mol. The highest BCUT2D eigenvalue weighted by Crippen LogP contribution is 2.34. The van der Waals surface area contributed by atoms with E-state index in [1.807, 2.05) is 0 Å². The lowest BCUT2D eigenvalue weighted by atomic mass is 9.78. The number of hydrogen-bond acceptors (Lipinski definition) is 1. The quantitative estimate of drug-likeness (QED) is 0.653. The predicted octanol–water partition coefficient (Wildman–Crippen LogP) is 3.22. The lowest BCUT2D eigenvalue weighted by Crippen LogP contribution is -2.27. The molecule has 0 aromatic heterocycles. The predicted molar refractivity (Wildman–Crippen MR) is 56.6 cm³/mol. The van der Waals surface area contributed by atoms with Crippen LogP contribution < -0.4 is 0 Å². The number of hydrogen-bond donors (Lipinski definition) is 1. The fourth-order valence-electron chi connectivity index (χ4n) is 2.65. The van der Waals surface area contributed by atoms with Crippen LogP contribution in [0.2, 0.25) is 0 Å². The van der Waals surface area contributed by atoms with Crippen molar-refractivity contribution < 1.29 is 5.11 Å². The zero-order valence-corrected chi connectivity index (χ0v) is 9.29. The molecule has 1 saturated carbocycles. The SMILES string of the molecule is CCC(C)C1CCCCC(O)C1C. The first-order valence-corrected chi connectivity index (χ1v) is 5.84. The molecule has 1 aliphatic rings. The zero-order chi connectivity index (χ0) is 9.84. The second-order valence-electron chi connectivity index (χ2n) is 4.76. The summed E-state index contributed by atoms with van der Waals surface area (Å²) in [4.78, 5) is 0. The van der Waals surface area contributed by atoms with Crippen molar-refractivity contribution in [1.29, 1.82) is 0 Å². The first-order chi connectivity index (χ1) is 6.16. The second-order valence-corrected chi connectivity index (χ2v) is 4.76. The summed E-state index contributed by atoms with van der Waals surface area (Å²) >= 11 is 0. The Morgan fingerprint density at radius 2 is 1.92 bits per heavy atom. The van der Waals surface area contributed by atoms with Crippen molar-refractivity contribution in [2.24, 2.45) is 17.8 Å². The lowest BCUT2D eigenvalue weighted by Gasteiger charge is -2.29. The molecule has 4 atom stereocenters. The summed E-state index contributed by atoms with van der Waals surface area (Å²) in [7, 11) is 0. The largest absolute Gasteiger partial charge is 0.393 e. The molecule has 13 heavy (non-hydrogen) atoms. The van der Waals surface area contributed by atoms with Gasteiger partial charge in [0.05, 0.1) is 6.10 Å². The van der Waals surface area contributed by atoms with Crippen molar-refractivity contribution in [2.45, 2.75) is 59.0 Å². The van der Waals surface area contributed by atoms with Gasteiger partial charge in [0.2, 0.25) is 0 Å². The van der Waals surface area contributed by atoms with Gasteiger partial charge in [-0.05, 0) is 30.6 Å². The smallest absolute Gasteiger partial charge is 0.0568 e. The summed E-state index contributed by atoms with van der Waals surface area (Å²) in [5.41, 5.74) is 0. The molecule has 1 heteroatoms. The van der Waals surface area contributed by atoms with Crippen LogP contribution in [0.15, 0.2) is 0 Å². The zero-order valence-electron chi connectivity index (χ0n) is 9.29. The Hall–Kier alpha value is -0.0400. The highest BCUT2D eigenvalue weighted by atomic mass is 16.3. The second kappa shape index (κ2) is 4.99. The van der Waals surface area contributed by atoms with Gasteiger partial charge in [0.1, 0.15) is 0 Å². The molecule has 0 aromatic rings. The summed E-state index contributed by atoms with van der Waals surface area (Å²) in [5, 5.41) is 9.87. The molecule has 1 rings (SSSR count). The van der Waals surface area contributed by atoms with E-state index in [0.29, 0.717) is 5.92 Å². The van der Waals surface area contributed by atoms with Gasteiger partial charge in [0, 0.05) is 0 Å². The third-order valence-corrected chi connectivity index (χ3v) is 3.94. The van der Waals surface area contributed by atoms with Crippen molar-refractivity contribution >= 4 is 0 Å². The van der Waals surface area contributed by atoms with Gasteiger partial charge in [0.25, 0.3) is 0 Å². The number of rotatable bonds is 2. The molecular weight excluding hydrogens is 160 g/mol. The molecule has 1 nitrogen and oxygen atoms in total. The van der Waals surface area contributed by atoms with Gasteiger partial charge >= 0.3 is 0 Å². The highest BCUT2D eigenvalue weighted by molar-refractivity contribution is 4.79. The van der Waals surface area contributed by atoms with Crippen LogP contribution in [0.1, 0.15) is 52.9 Å². The molecule has 0 saturated heterocycles. The Bertz CT molecular complexity index is 144. The standard InChI is InChI=1S/C12H24O/c1-4-9(2)11-7-5-6-8-12(13)10(11)3/h9-13H,4-8H2,1-3H3. The Kier molecular flexibility index (Phi) is 4.24. The summed E-state index contributed by atoms with van der Waals surface area (Å²) in [6.45, 7) is 6.82. The first kappa shape index (κ1) is 11.0. The van der Waals surface area contributed by atoms with Crippen LogP contribution in [-0.2, 0) is 0 Å². The van der Waals surface area contributed by atoms with Gasteiger partial charge in [-0.25, -0.2) is 0 Å². The normalized spacial score (nSPS) is 38.3. The van der Waals surface area contributed by atoms with Gasteiger partial charge < -0.3 is 5.11 Å². The first-order valence-electron chi connectivity index (χ1n) is 5.84. The van der Waals surface area contributed by atoms with E-state index in [9.17, 15) is 5.11 Å². The van der Waals surface area contributed by atoms with E-state index in [1.54, 1.807) is 0 Å². The van der Waals surface area contributed by atoms with Crippen LogP contribution in [0.5, 0.6) is 0 Å². The molecule has 0 radical (unpaired) electrons. The third-order valence-electron chi connectivity index (χ3n) is 3.94. The van der Waals surface area contributed by atoms with E-state index in [4.69, 9.17) is 0 Å². The minimum Gasteiger partial charge on any atom is -0.393 e. The van der Waals surface area contributed by atoms with Crippen LogP contribution in [0, 0.1) is 17.8 Å². The molecule has 4 unspecified atom stereocenters. The maximum atomic E-state index is 9.87. The fourth-order valence-corrected chi connectivity index (χ4v) is 2.65. The van der Waals surface area contributed by atoms with E-state index in [2.05, 4.69) is 20.8 Å². The van der Waals surface area contributed by atoms with E-state index in [0.717, 1.165) is 18.3 Å². The van der Waals surface area contributed by atoms with E-state index in [1.165, 1.54) is 25.7 Å². The van der Waals surface area contributed by atoms with Gasteiger partial charge in [-0.15, -0.1) is 0 Å². The van der Waals surface area contributed by atoms with Gasteiger partial charge in [-0.1, -0.05) is 40.0 Å². The van der Waals surface area contributed by atoms with Crippen molar-refractivity contribution in [3.05, 3.63) is 0 Å². The van der Waals surface area contributed by atoms with Crippen molar-refractivity contribution in [3.8, 4) is 0 Å². The van der Waals surface area contributed by atoms with Crippen LogP contribution in [-0.4, -0.2) is 11.2 Å². The molecule has 1 aliphatic carbocycles. The van der Waals surface area contributed by atoms with Crippen molar-refractivity contribution in [2.75, 3.05) is 0 Å². The lowest BCUT2D eigenvalue weighted by molar-refractivity contribution is 0.0658. The molecule has 1 N–H and O–H groups in total. The molecule has 0 bridgehead atoms. The summed E-state index contributed by atoms with van der Waals surface area (Å²) in [6, 6.07) is 0. The average Bonchev–Trinajstić information content (AvgIpc) is 2.29. The van der Waals surface area contributed by atoms with Crippen LogP contribution in [0.4, 0.5) is 0 Å². The Labute approximate surface area is 82.5 Å². The van der Waals surface area contributed by atoms with E-state index < -0.39 is 0 Å². The van der Waals surface area contributed by atoms with Crippen LogP contribution >= 0.6 is 0 Å². The monoisotopic (exact) mass is 184 g/mol. The molecular formula is C12H24O. The van der Waals surface area contributed by atoms with E-state index in [-0.39, 0.29) is 6.10 Å². The fraction of sp³-hybridized carbons (Fsp3) is 1.00. The maximum absolute atomic E-state index is 9.87. The van der Waals surface area contributed by atoms with Crippen LogP contribution in [0.3, 0.4) is 0 Å². The van der Waals surface area contributed by atoms with Gasteiger partial charge in [-0.3, -0.25) is 0 Å². The van der Waals surface area contributed by atoms with Crippen LogP contribution in [0.25, 0.3) is 0 Å². The summed E-state index contributed by atoms with van der Waals surface area (Å²) in [6.07, 6.45) is 6.10. The number of aliphatic hydroxyl groups is 1. The highest BCUT2D eigenvalue weighted by Gasteiger charge is 2.29. The van der Waals surface area contributed by atoms with E-state index >= 15 is 0 Å². The topological polar surface area (TPSA) is 20.2 Å². The molecule has 0 aliphatic heterocycles. The minimum absolute atomic E-state index is 0.0403. The van der Waals surface area contributed by atoms with Crippen molar-refractivity contribution in [1.82, 2.24) is 0 Å². The maximum Gasteiger partial charge on any atom is 0.0568 e. The third kappa shape index (κ3) is 2.70. The van der Waals surface area contributed by atoms with Gasteiger partial charge in [-0.2, -0.15) is 0 Å². The molecule has 78 valence electrons. The van der Waals surface area contributed by atoms with Crippen molar-refractivity contribution in [3.63, 3.8) is 0 Å². The summed E-state index contributed by atoms with van der Waals surface area (Å²) < 4.78 is 0. The minimum atomic E-state index is -0.0403. The molecule has 0 spiro atoms. The molecule has 0 aromatic carbocycles. The molecule has 1 fully saturated rings. The molecule has 0 heterocycles. The van der Waals surface area contributed by atoms with Gasteiger partial charge in [0.15, 0.2) is 0 Å². The number of aliphatic hydroxyl groups excluding tert-OH is 1. The Morgan fingerprint density at radius 3 is 2.54 bits per heavy atom. The summed E-state index contributed by atoms with van der Waals surface area (Å²) in [5.74, 6) is 2.04.